The number of ether oxygens (including phenoxy) is 2. The van der Waals surface area contributed by atoms with E-state index in [1.807, 2.05) is 6.92 Å². The predicted molar refractivity (Wildman–Crippen MR) is 100 cm³/mol. The van der Waals surface area contributed by atoms with Crippen molar-refractivity contribution in [2.24, 2.45) is 0 Å². The highest BCUT2D eigenvalue weighted by atomic mass is 32.1. The lowest BCUT2D eigenvalue weighted by Gasteiger charge is -2.32. The highest BCUT2D eigenvalue weighted by Crippen LogP contribution is 2.22. The normalized spacial score (nSPS) is 11.4. The Morgan fingerprint density at radius 2 is 1.38 bits per heavy atom. The van der Waals surface area contributed by atoms with Crippen LogP contribution in [0.1, 0.15) is 59.3 Å². The maximum Gasteiger partial charge on any atom is 0.272 e. The van der Waals surface area contributed by atoms with Crippen molar-refractivity contribution in [3.63, 3.8) is 0 Å². The van der Waals surface area contributed by atoms with Crippen molar-refractivity contribution in [2.45, 2.75) is 65.3 Å². The van der Waals surface area contributed by atoms with E-state index >= 15 is 0 Å². The Morgan fingerprint density at radius 1 is 0.905 bits per heavy atom. The topological polar surface area (TPSA) is 36.9 Å². The summed E-state index contributed by atoms with van der Waals surface area (Å²) in [4.78, 5) is 0. The SMILES string of the molecule is CCCCOC(CCCS)(O[SiH3])OCCCC.CCO[SiH3]. The predicted octanol–water partition coefficient (Wildman–Crippen LogP) is 1.58. The quantitative estimate of drug-likeness (QED) is 0.235. The Labute approximate surface area is 143 Å². The zero-order valence-corrected chi connectivity index (χ0v) is 19.5. The second-order valence-corrected chi connectivity index (χ2v) is 6.13. The van der Waals surface area contributed by atoms with E-state index in [1.54, 1.807) is 0 Å². The summed E-state index contributed by atoms with van der Waals surface area (Å²) >= 11 is 4.23. The molecule has 0 bridgehead atoms. The molecule has 0 saturated carbocycles. The molecule has 0 radical (unpaired) electrons. The standard InChI is InChI=1S/C12H28O3SSi.C2H8OSi/c1-3-5-9-13-12(15-17,8-7-11-16)14-10-6-4-2;1-2-3-4/h16H,3-11H2,1-2,17H3;2H2,1,4H3. The van der Waals surface area contributed by atoms with Crippen LogP contribution < -0.4 is 0 Å². The summed E-state index contributed by atoms with van der Waals surface area (Å²) in [6.07, 6.45) is 6.06. The largest absolute Gasteiger partial charge is 0.428 e. The van der Waals surface area contributed by atoms with Crippen LogP contribution in [0.4, 0.5) is 0 Å². The summed E-state index contributed by atoms with van der Waals surface area (Å²) in [5.41, 5.74) is 0. The highest BCUT2D eigenvalue weighted by molar-refractivity contribution is 7.80. The van der Waals surface area contributed by atoms with Crippen LogP contribution in [0, 0.1) is 0 Å². The van der Waals surface area contributed by atoms with E-state index in [0.717, 1.165) is 61.4 Å². The van der Waals surface area contributed by atoms with Crippen LogP contribution in [-0.2, 0) is 18.3 Å². The summed E-state index contributed by atoms with van der Waals surface area (Å²) in [5, 5.41) is 0. The monoisotopic (exact) mass is 356 g/mol. The molecule has 0 saturated heterocycles. The van der Waals surface area contributed by atoms with Gasteiger partial charge >= 0.3 is 0 Å². The van der Waals surface area contributed by atoms with Gasteiger partial charge in [0.2, 0.25) is 0 Å². The van der Waals surface area contributed by atoms with Crippen LogP contribution >= 0.6 is 12.6 Å². The number of rotatable bonds is 13. The molecule has 7 heteroatoms. The Balaban J connectivity index is 0. The molecule has 0 fully saturated rings. The van der Waals surface area contributed by atoms with Gasteiger partial charge in [0, 0.05) is 13.0 Å². The summed E-state index contributed by atoms with van der Waals surface area (Å²) in [5.74, 6) is 0.0419. The average Bonchev–Trinajstić information content (AvgIpc) is 2.53. The minimum absolute atomic E-state index is 0.625. The van der Waals surface area contributed by atoms with Crippen LogP contribution in [0.2, 0.25) is 0 Å². The molecular weight excluding hydrogens is 320 g/mol. The van der Waals surface area contributed by atoms with Crippen molar-refractivity contribution in [2.75, 3.05) is 25.6 Å². The zero-order chi connectivity index (χ0) is 16.4. The maximum atomic E-state index is 5.82. The molecule has 0 aromatic carbocycles. The molecule has 21 heavy (non-hydrogen) atoms. The van der Waals surface area contributed by atoms with Gasteiger partial charge in [-0.15, -0.1) is 0 Å². The molecule has 0 rings (SSSR count). The lowest BCUT2D eigenvalue weighted by Crippen LogP contribution is -2.39. The number of unbranched alkanes of at least 4 members (excludes halogenated alkanes) is 2. The fourth-order valence-corrected chi connectivity index (χ4v) is 2.04. The molecule has 0 aliphatic carbocycles. The van der Waals surface area contributed by atoms with Gasteiger partial charge in [-0.05, 0) is 31.9 Å². The molecular formula is C14H36O4SSi2. The van der Waals surface area contributed by atoms with Gasteiger partial charge in [0.05, 0.1) is 13.2 Å². The molecule has 0 heterocycles. The second kappa shape index (κ2) is 18.7. The Bertz CT molecular complexity index is 188. The molecule has 0 aliphatic rings. The smallest absolute Gasteiger partial charge is 0.272 e. The van der Waals surface area contributed by atoms with Crippen LogP contribution in [-0.4, -0.2) is 52.5 Å². The van der Waals surface area contributed by atoms with E-state index in [-0.39, 0.29) is 0 Å². The molecule has 0 aromatic rings. The minimum Gasteiger partial charge on any atom is -0.428 e. The first-order valence-electron chi connectivity index (χ1n) is 8.09. The van der Waals surface area contributed by atoms with Crippen molar-refractivity contribution in [3.05, 3.63) is 0 Å². The Kier molecular flexibility index (Phi) is 21.2. The van der Waals surface area contributed by atoms with Crippen molar-refractivity contribution in [1.29, 1.82) is 0 Å². The molecule has 0 atom stereocenters. The van der Waals surface area contributed by atoms with Gasteiger partial charge in [-0.3, -0.25) is 0 Å². The van der Waals surface area contributed by atoms with E-state index in [2.05, 4.69) is 30.9 Å². The highest BCUT2D eigenvalue weighted by Gasteiger charge is 2.30. The van der Waals surface area contributed by atoms with Crippen LogP contribution in [0.5, 0.6) is 0 Å². The van der Waals surface area contributed by atoms with E-state index in [1.165, 1.54) is 0 Å². The first-order chi connectivity index (χ1) is 10.2. The minimum atomic E-state index is -0.792. The first-order valence-corrected chi connectivity index (χ1v) is 10.4. The van der Waals surface area contributed by atoms with Gasteiger partial charge in [-0.2, -0.15) is 12.6 Å². The van der Waals surface area contributed by atoms with Crippen LogP contribution in [0.3, 0.4) is 0 Å². The lowest BCUT2D eigenvalue weighted by atomic mass is 10.3. The molecule has 0 aromatic heterocycles. The van der Waals surface area contributed by atoms with Crippen molar-refractivity contribution < 1.29 is 18.3 Å². The molecule has 0 unspecified atom stereocenters. The van der Waals surface area contributed by atoms with Crippen molar-refractivity contribution in [1.82, 2.24) is 0 Å². The molecule has 0 aliphatic heterocycles. The lowest BCUT2D eigenvalue weighted by molar-refractivity contribution is -0.347. The van der Waals surface area contributed by atoms with Gasteiger partial charge in [0.15, 0.2) is 10.5 Å². The fraction of sp³-hybridized carbons (Fsp3) is 1.00. The first kappa shape index (κ1) is 23.9. The third-order valence-electron chi connectivity index (χ3n) is 2.88. The maximum absolute atomic E-state index is 5.82. The molecule has 0 amide bonds. The summed E-state index contributed by atoms with van der Waals surface area (Å²) in [7, 11) is 1.51. The van der Waals surface area contributed by atoms with Gasteiger partial charge in [-0.1, -0.05) is 26.7 Å². The molecule has 4 nitrogen and oxygen atoms in total. The van der Waals surface area contributed by atoms with Crippen LogP contribution in [0.25, 0.3) is 0 Å². The average molecular weight is 357 g/mol. The zero-order valence-electron chi connectivity index (χ0n) is 14.7. The molecule has 0 N–H and O–H groups in total. The summed E-state index contributed by atoms with van der Waals surface area (Å²) < 4.78 is 21.9. The number of hydrogen-bond donors (Lipinski definition) is 1. The van der Waals surface area contributed by atoms with Gasteiger partial charge in [0.1, 0.15) is 10.5 Å². The third kappa shape index (κ3) is 15.3. The number of hydrogen-bond acceptors (Lipinski definition) is 5. The Hall–Kier alpha value is 0.624. The summed E-state index contributed by atoms with van der Waals surface area (Å²) in [6, 6.07) is 0. The van der Waals surface area contributed by atoms with Crippen molar-refractivity contribution >= 4 is 33.6 Å². The van der Waals surface area contributed by atoms with E-state index in [4.69, 9.17) is 13.9 Å². The third-order valence-corrected chi connectivity index (χ3v) is 4.40. The Morgan fingerprint density at radius 3 is 1.67 bits per heavy atom. The van der Waals surface area contributed by atoms with Gasteiger partial charge in [-0.25, -0.2) is 0 Å². The fourth-order valence-electron chi connectivity index (χ4n) is 1.45. The second-order valence-electron chi connectivity index (χ2n) is 4.70. The van der Waals surface area contributed by atoms with E-state index < -0.39 is 5.97 Å². The summed E-state index contributed by atoms with van der Waals surface area (Å²) in [6.45, 7) is 8.59. The van der Waals surface area contributed by atoms with Gasteiger partial charge < -0.3 is 18.3 Å². The van der Waals surface area contributed by atoms with E-state index in [0.29, 0.717) is 23.7 Å². The van der Waals surface area contributed by atoms with Crippen molar-refractivity contribution in [3.8, 4) is 0 Å². The molecule has 130 valence electrons. The van der Waals surface area contributed by atoms with Gasteiger partial charge in [0.25, 0.3) is 5.97 Å². The molecule has 0 spiro atoms. The number of thiol groups is 1. The van der Waals surface area contributed by atoms with Crippen LogP contribution in [0.15, 0.2) is 0 Å². The van der Waals surface area contributed by atoms with E-state index in [9.17, 15) is 0 Å².